The van der Waals surface area contributed by atoms with Crippen molar-refractivity contribution >= 4 is 32.8 Å². The number of sulfone groups is 1. The predicted octanol–water partition coefficient (Wildman–Crippen LogP) is 2.75. The Labute approximate surface area is 119 Å². The molecule has 0 radical (unpaired) electrons. The Kier molecular flexibility index (Phi) is 4.98. The van der Waals surface area contributed by atoms with Crippen LogP contribution in [-0.4, -0.2) is 25.6 Å². The Hall–Kier alpha value is -1.07. The second-order valence-corrected chi connectivity index (χ2v) is 7.74. The lowest BCUT2D eigenvalue weighted by atomic mass is 9.96. The molecule has 4 nitrogen and oxygen atoms in total. The van der Waals surface area contributed by atoms with Crippen LogP contribution in [-0.2, 0) is 9.84 Å². The highest BCUT2D eigenvalue weighted by molar-refractivity contribution is 7.91. The van der Waals surface area contributed by atoms with Crippen LogP contribution in [0.3, 0.4) is 0 Å². The Morgan fingerprint density at radius 1 is 1.42 bits per heavy atom. The zero-order valence-corrected chi connectivity index (χ0v) is 12.8. The number of benzene rings is 1. The SMILES string of the molecule is CC([C@H](C)CC(=N)c1ccc(N)cc1Cl)S(C)(=O)=O. The first-order chi connectivity index (χ1) is 8.62. The van der Waals surface area contributed by atoms with Crippen LogP contribution in [0.25, 0.3) is 0 Å². The summed E-state index contributed by atoms with van der Waals surface area (Å²) in [5.74, 6) is -0.142. The summed E-state index contributed by atoms with van der Waals surface area (Å²) in [4.78, 5) is 0. The van der Waals surface area contributed by atoms with E-state index in [0.717, 1.165) is 0 Å². The molecule has 0 amide bonds. The molecule has 0 aliphatic carbocycles. The van der Waals surface area contributed by atoms with Crippen LogP contribution in [0.4, 0.5) is 5.69 Å². The Bertz CT molecular complexity index is 584. The van der Waals surface area contributed by atoms with Crippen LogP contribution in [0.15, 0.2) is 18.2 Å². The summed E-state index contributed by atoms with van der Waals surface area (Å²) in [7, 11) is -3.10. The van der Waals surface area contributed by atoms with E-state index < -0.39 is 15.1 Å². The highest BCUT2D eigenvalue weighted by Gasteiger charge is 2.24. The average Bonchev–Trinajstić information content (AvgIpc) is 2.26. The third-order valence-electron chi connectivity index (χ3n) is 3.32. The van der Waals surface area contributed by atoms with Crippen molar-refractivity contribution in [3.8, 4) is 0 Å². The van der Waals surface area contributed by atoms with Gasteiger partial charge in [0.05, 0.1) is 10.3 Å². The van der Waals surface area contributed by atoms with Gasteiger partial charge in [-0.2, -0.15) is 0 Å². The maximum absolute atomic E-state index is 11.5. The number of nitrogens with two attached hydrogens (primary N) is 1. The van der Waals surface area contributed by atoms with Gasteiger partial charge in [0.2, 0.25) is 0 Å². The van der Waals surface area contributed by atoms with E-state index >= 15 is 0 Å². The maximum atomic E-state index is 11.5. The van der Waals surface area contributed by atoms with E-state index in [2.05, 4.69) is 0 Å². The first-order valence-electron chi connectivity index (χ1n) is 5.94. The van der Waals surface area contributed by atoms with E-state index in [1.165, 1.54) is 6.26 Å². The maximum Gasteiger partial charge on any atom is 0.150 e. The minimum absolute atomic E-state index is 0.142. The van der Waals surface area contributed by atoms with Gasteiger partial charge in [-0.1, -0.05) is 18.5 Å². The lowest BCUT2D eigenvalue weighted by Gasteiger charge is -2.19. The number of nitrogen functional groups attached to an aromatic ring is 1. The van der Waals surface area contributed by atoms with Gasteiger partial charge in [0.15, 0.2) is 0 Å². The van der Waals surface area contributed by atoms with Crippen LogP contribution in [0.1, 0.15) is 25.8 Å². The van der Waals surface area contributed by atoms with Gasteiger partial charge in [0, 0.05) is 23.2 Å². The fourth-order valence-electron chi connectivity index (χ4n) is 1.80. The van der Waals surface area contributed by atoms with Crippen molar-refractivity contribution in [2.45, 2.75) is 25.5 Å². The van der Waals surface area contributed by atoms with Crippen molar-refractivity contribution in [1.82, 2.24) is 0 Å². The van der Waals surface area contributed by atoms with E-state index in [0.29, 0.717) is 28.4 Å². The van der Waals surface area contributed by atoms with Gasteiger partial charge < -0.3 is 11.1 Å². The number of rotatable bonds is 5. The molecule has 0 saturated heterocycles. The molecular formula is C13H19ClN2O2S. The third-order valence-corrected chi connectivity index (χ3v) is 5.45. The van der Waals surface area contributed by atoms with E-state index in [-0.39, 0.29) is 5.92 Å². The van der Waals surface area contributed by atoms with Crippen LogP contribution >= 0.6 is 11.6 Å². The summed E-state index contributed by atoms with van der Waals surface area (Å²) >= 11 is 6.04. The lowest BCUT2D eigenvalue weighted by Crippen LogP contribution is -2.26. The standard InChI is InChI=1S/C13H19ClN2O2S/c1-8(9(2)19(3,17)18)6-13(16)11-5-4-10(15)7-12(11)14/h4-5,7-9,16H,6,15H2,1-3H3/t8-,9?/m1/s1. The molecule has 0 aliphatic heterocycles. The molecule has 0 saturated carbocycles. The summed E-state index contributed by atoms with van der Waals surface area (Å²) in [5.41, 5.74) is 7.07. The van der Waals surface area contributed by atoms with Crippen LogP contribution in [0, 0.1) is 11.3 Å². The fraction of sp³-hybridized carbons (Fsp3) is 0.462. The molecule has 1 unspecified atom stereocenters. The van der Waals surface area contributed by atoms with Crippen LogP contribution in [0.5, 0.6) is 0 Å². The molecule has 0 aliphatic rings. The largest absolute Gasteiger partial charge is 0.399 e. The average molecular weight is 303 g/mol. The Morgan fingerprint density at radius 3 is 2.47 bits per heavy atom. The van der Waals surface area contributed by atoms with E-state index in [9.17, 15) is 8.42 Å². The van der Waals surface area contributed by atoms with Gasteiger partial charge in [-0.25, -0.2) is 8.42 Å². The molecular weight excluding hydrogens is 284 g/mol. The first-order valence-corrected chi connectivity index (χ1v) is 8.28. The molecule has 0 heterocycles. The predicted molar refractivity (Wildman–Crippen MR) is 80.8 cm³/mol. The number of nitrogens with one attached hydrogen (secondary N) is 1. The highest BCUT2D eigenvalue weighted by Crippen LogP contribution is 2.24. The molecule has 19 heavy (non-hydrogen) atoms. The second-order valence-electron chi connectivity index (χ2n) is 4.93. The van der Waals surface area contributed by atoms with E-state index in [1.54, 1.807) is 25.1 Å². The number of halogens is 1. The van der Waals surface area contributed by atoms with E-state index in [1.807, 2.05) is 6.92 Å². The molecule has 3 N–H and O–H groups in total. The molecule has 0 aromatic heterocycles. The zero-order chi connectivity index (χ0) is 14.8. The summed E-state index contributed by atoms with van der Waals surface area (Å²) in [6, 6.07) is 4.97. The highest BCUT2D eigenvalue weighted by atomic mass is 35.5. The number of hydrogen-bond donors (Lipinski definition) is 2. The summed E-state index contributed by atoms with van der Waals surface area (Å²) in [6.07, 6.45) is 1.58. The minimum atomic E-state index is -3.10. The van der Waals surface area contributed by atoms with Crippen molar-refractivity contribution in [1.29, 1.82) is 5.41 Å². The zero-order valence-electron chi connectivity index (χ0n) is 11.3. The summed E-state index contributed by atoms with van der Waals surface area (Å²) in [6.45, 7) is 3.49. The van der Waals surface area contributed by atoms with Crippen LogP contribution in [0.2, 0.25) is 5.02 Å². The number of anilines is 1. The Morgan fingerprint density at radius 2 is 2.00 bits per heavy atom. The quantitative estimate of drug-likeness (QED) is 0.648. The number of hydrogen-bond acceptors (Lipinski definition) is 4. The molecule has 106 valence electrons. The van der Waals surface area contributed by atoms with Crippen molar-refractivity contribution < 1.29 is 8.42 Å². The molecule has 0 fully saturated rings. The normalized spacial score (nSPS) is 14.9. The molecule has 0 bridgehead atoms. The van der Waals surface area contributed by atoms with Crippen molar-refractivity contribution in [3.05, 3.63) is 28.8 Å². The van der Waals surface area contributed by atoms with Gasteiger partial charge in [-0.15, -0.1) is 0 Å². The Balaban J connectivity index is 2.86. The monoisotopic (exact) mass is 302 g/mol. The van der Waals surface area contributed by atoms with Crippen molar-refractivity contribution in [3.63, 3.8) is 0 Å². The van der Waals surface area contributed by atoms with Crippen LogP contribution < -0.4 is 5.73 Å². The van der Waals surface area contributed by atoms with Gasteiger partial charge in [-0.3, -0.25) is 0 Å². The third kappa shape index (κ3) is 4.21. The summed E-state index contributed by atoms with van der Waals surface area (Å²) < 4.78 is 23.0. The topological polar surface area (TPSA) is 84.0 Å². The minimum Gasteiger partial charge on any atom is -0.399 e. The van der Waals surface area contributed by atoms with Gasteiger partial charge >= 0.3 is 0 Å². The smallest absolute Gasteiger partial charge is 0.150 e. The second kappa shape index (κ2) is 5.92. The molecule has 2 atom stereocenters. The van der Waals surface area contributed by atoms with E-state index in [4.69, 9.17) is 22.7 Å². The van der Waals surface area contributed by atoms with Crippen molar-refractivity contribution in [2.75, 3.05) is 12.0 Å². The molecule has 1 aromatic rings. The van der Waals surface area contributed by atoms with Gasteiger partial charge in [0.25, 0.3) is 0 Å². The lowest BCUT2D eigenvalue weighted by molar-refractivity contribution is 0.536. The van der Waals surface area contributed by atoms with Crippen molar-refractivity contribution in [2.24, 2.45) is 5.92 Å². The van der Waals surface area contributed by atoms with Gasteiger partial charge in [0.1, 0.15) is 9.84 Å². The fourth-order valence-corrected chi connectivity index (χ4v) is 3.04. The molecule has 6 heteroatoms. The molecule has 0 spiro atoms. The molecule has 1 rings (SSSR count). The molecule has 1 aromatic carbocycles. The first kappa shape index (κ1) is 16.0. The van der Waals surface area contributed by atoms with Gasteiger partial charge in [-0.05, 0) is 37.5 Å². The summed E-state index contributed by atoms with van der Waals surface area (Å²) in [5, 5.41) is 7.98.